The average Bonchev–Trinajstić information content (AvgIpc) is 3.21. The first-order chi connectivity index (χ1) is 13.4. The van der Waals surface area contributed by atoms with Gasteiger partial charge >= 0.3 is 0 Å². The maximum Gasteiger partial charge on any atom is 0.148 e. The van der Waals surface area contributed by atoms with Crippen molar-refractivity contribution in [2.75, 3.05) is 26.7 Å². The van der Waals surface area contributed by atoms with E-state index in [0.29, 0.717) is 11.7 Å². The zero-order chi connectivity index (χ0) is 19.8. The summed E-state index contributed by atoms with van der Waals surface area (Å²) in [5, 5.41) is 4.83. The highest BCUT2D eigenvalue weighted by Crippen LogP contribution is 2.33. The molecule has 1 aliphatic rings. The minimum atomic E-state index is -0.255. The molecule has 3 heterocycles. The minimum absolute atomic E-state index is 0.255. The summed E-state index contributed by atoms with van der Waals surface area (Å²) in [7, 11) is 2.18. The van der Waals surface area contributed by atoms with Crippen LogP contribution in [0.3, 0.4) is 0 Å². The summed E-state index contributed by atoms with van der Waals surface area (Å²) >= 11 is 1.78. The molecule has 0 saturated carbocycles. The van der Waals surface area contributed by atoms with E-state index in [1.165, 1.54) is 15.8 Å². The molecule has 4 rings (SSSR count). The number of nitrogens with zero attached hydrogens (tertiary/aromatic N) is 4. The van der Waals surface area contributed by atoms with E-state index in [0.717, 1.165) is 43.0 Å². The van der Waals surface area contributed by atoms with Gasteiger partial charge in [0.05, 0.1) is 5.69 Å². The van der Waals surface area contributed by atoms with Crippen LogP contribution in [0.25, 0.3) is 16.9 Å². The van der Waals surface area contributed by atoms with Crippen molar-refractivity contribution in [2.24, 2.45) is 0 Å². The maximum atomic E-state index is 14.4. The number of thiophene rings is 1. The van der Waals surface area contributed by atoms with Gasteiger partial charge in [0, 0.05) is 59.3 Å². The second-order valence-electron chi connectivity index (χ2n) is 7.79. The van der Waals surface area contributed by atoms with E-state index in [1.807, 2.05) is 12.3 Å². The monoisotopic (exact) mass is 398 g/mol. The highest BCUT2D eigenvalue weighted by Gasteiger charge is 2.24. The Bertz CT molecular complexity index is 977. The van der Waals surface area contributed by atoms with Crippen molar-refractivity contribution in [3.63, 3.8) is 0 Å². The molecule has 1 aromatic carbocycles. The molecule has 0 amide bonds. The molecule has 1 fully saturated rings. The van der Waals surface area contributed by atoms with Crippen molar-refractivity contribution in [3.05, 3.63) is 57.7 Å². The molecular formula is C22H27FN4S. The third-order valence-corrected chi connectivity index (χ3v) is 6.59. The maximum absolute atomic E-state index is 14.4. The van der Waals surface area contributed by atoms with Gasteiger partial charge in [-0.2, -0.15) is 5.10 Å². The Kier molecular flexibility index (Phi) is 5.36. The van der Waals surface area contributed by atoms with Gasteiger partial charge in [0.2, 0.25) is 0 Å². The second-order valence-corrected chi connectivity index (χ2v) is 9.25. The first-order valence-corrected chi connectivity index (χ1v) is 10.6. The largest absolute Gasteiger partial charge is 0.301 e. The van der Waals surface area contributed by atoms with Gasteiger partial charge in [-0.05, 0) is 46.0 Å². The predicted molar refractivity (Wildman–Crippen MR) is 114 cm³/mol. The van der Waals surface area contributed by atoms with Crippen LogP contribution in [0.1, 0.15) is 22.2 Å². The van der Waals surface area contributed by atoms with Crippen LogP contribution in [-0.2, 0) is 6.54 Å². The molecule has 1 atom stereocenters. The van der Waals surface area contributed by atoms with Crippen LogP contribution < -0.4 is 0 Å². The number of likely N-dealkylation sites (N-methyl/N-ethyl adjacent to an activating group) is 1. The Morgan fingerprint density at radius 1 is 1.21 bits per heavy atom. The zero-order valence-electron chi connectivity index (χ0n) is 16.9. The number of aromatic nitrogens is 2. The van der Waals surface area contributed by atoms with E-state index < -0.39 is 0 Å². The highest BCUT2D eigenvalue weighted by atomic mass is 32.1. The van der Waals surface area contributed by atoms with Gasteiger partial charge in [0.1, 0.15) is 11.5 Å². The summed E-state index contributed by atoms with van der Waals surface area (Å²) in [4.78, 5) is 7.40. The van der Waals surface area contributed by atoms with E-state index in [9.17, 15) is 4.39 Å². The van der Waals surface area contributed by atoms with Gasteiger partial charge in [-0.3, -0.25) is 4.90 Å². The molecule has 0 radical (unpaired) electrons. The predicted octanol–water partition coefficient (Wildman–Crippen LogP) is 4.49. The SMILES string of the molecule is Cc1cc(-c2nn(-c3ccccc3F)cc2CN2CCN(C)C(C)C2)c(C)s1. The summed E-state index contributed by atoms with van der Waals surface area (Å²) in [5.41, 5.74) is 3.78. The summed E-state index contributed by atoms with van der Waals surface area (Å²) in [5.74, 6) is -0.255. The summed E-state index contributed by atoms with van der Waals surface area (Å²) in [6, 6.07) is 9.55. The normalized spacial score (nSPS) is 18.7. The Labute approximate surface area is 170 Å². The van der Waals surface area contributed by atoms with Gasteiger partial charge in [0.15, 0.2) is 0 Å². The smallest absolute Gasteiger partial charge is 0.148 e. The quantitative estimate of drug-likeness (QED) is 0.647. The number of para-hydroxylation sites is 1. The van der Waals surface area contributed by atoms with E-state index in [4.69, 9.17) is 5.10 Å². The Balaban J connectivity index is 1.73. The first-order valence-electron chi connectivity index (χ1n) is 9.76. The Hall–Kier alpha value is -2.02. The fourth-order valence-electron chi connectivity index (χ4n) is 3.89. The van der Waals surface area contributed by atoms with Gasteiger partial charge in [0.25, 0.3) is 0 Å². The molecule has 0 spiro atoms. The van der Waals surface area contributed by atoms with Crippen LogP contribution >= 0.6 is 11.3 Å². The molecular weight excluding hydrogens is 371 g/mol. The van der Waals surface area contributed by atoms with Crippen molar-refractivity contribution < 1.29 is 4.39 Å². The lowest BCUT2D eigenvalue weighted by Gasteiger charge is -2.37. The summed E-state index contributed by atoms with van der Waals surface area (Å²) in [6.07, 6.45) is 2.00. The molecule has 2 aromatic heterocycles. The van der Waals surface area contributed by atoms with Crippen molar-refractivity contribution in [1.29, 1.82) is 0 Å². The molecule has 4 nitrogen and oxygen atoms in total. The van der Waals surface area contributed by atoms with Crippen molar-refractivity contribution in [3.8, 4) is 16.9 Å². The average molecular weight is 399 g/mol. The molecule has 0 bridgehead atoms. The molecule has 1 aliphatic heterocycles. The Morgan fingerprint density at radius 3 is 2.68 bits per heavy atom. The van der Waals surface area contributed by atoms with Crippen LogP contribution in [0.2, 0.25) is 0 Å². The molecule has 0 N–H and O–H groups in total. The highest BCUT2D eigenvalue weighted by molar-refractivity contribution is 7.12. The third-order valence-electron chi connectivity index (χ3n) is 5.62. The molecule has 1 saturated heterocycles. The summed E-state index contributed by atoms with van der Waals surface area (Å²) < 4.78 is 16.1. The molecule has 0 aliphatic carbocycles. The third kappa shape index (κ3) is 3.77. The number of benzene rings is 1. The fraction of sp³-hybridized carbons (Fsp3) is 0.409. The van der Waals surface area contributed by atoms with E-state index in [-0.39, 0.29) is 5.82 Å². The lowest BCUT2D eigenvalue weighted by molar-refractivity contribution is 0.100. The van der Waals surface area contributed by atoms with Gasteiger partial charge < -0.3 is 4.90 Å². The number of halogens is 1. The number of hydrogen-bond donors (Lipinski definition) is 0. The number of rotatable bonds is 4. The molecule has 148 valence electrons. The van der Waals surface area contributed by atoms with Crippen molar-refractivity contribution >= 4 is 11.3 Å². The number of piperazine rings is 1. The Morgan fingerprint density at radius 2 is 2.00 bits per heavy atom. The summed E-state index contributed by atoms with van der Waals surface area (Å²) in [6.45, 7) is 10.5. The first kappa shape index (κ1) is 19.3. The van der Waals surface area contributed by atoms with Crippen LogP contribution in [-0.4, -0.2) is 52.3 Å². The van der Waals surface area contributed by atoms with Gasteiger partial charge in [-0.15, -0.1) is 11.3 Å². The van der Waals surface area contributed by atoms with Crippen molar-refractivity contribution in [1.82, 2.24) is 19.6 Å². The minimum Gasteiger partial charge on any atom is -0.301 e. The zero-order valence-corrected chi connectivity index (χ0v) is 17.8. The van der Waals surface area contributed by atoms with Crippen LogP contribution in [0.15, 0.2) is 36.5 Å². The molecule has 6 heteroatoms. The van der Waals surface area contributed by atoms with Crippen LogP contribution in [0, 0.1) is 19.7 Å². The van der Waals surface area contributed by atoms with E-state index in [1.54, 1.807) is 28.2 Å². The van der Waals surface area contributed by atoms with Crippen LogP contribution in [0.5, 0.6) is 0 Å². The number of hydrogen-bond acceptors (Lipinski definition) is 4. The van der Waals surface area contributed by atoms with E-state index >= 15 is 0 Å². The lowest BCUT2D eigenvalue weighted by Crippen LogP contribution is -2.49. The standard InChI is InChI=1S/C22H27FN4S/c1-15-12-26(10-9-25(15)4)13-18-14-27(21-8-6-5-7-20(21)23)24-22(18)19-11-16(2)28-17(19)3/h5-8,11,14-15H,9-10,12-13H2,1-4H3. The fourth-order valence-corrected chi connectivity index (χ4v) is 4.81. The molecule has 1 unspecified atom stereocenters. The van der Waals surface area contributed by atoms with Crippen LogP contribution in [0.4, 0.5) is 4.39 Å². The molecule has 3 aromatic rings. The topological polar surface area (TPSA) is 24.3 Å². The van der Waals surface area contributed by atoms with Gasteiger partial charge in [-0.1, -0.05) is 12.1 Å². The van der Waals surface area contributed by atoms with Crippen molar-refractivity contribution in [2.45, 2.75) is 33.4 Å². The van der Waals surface area contributed by atoms with E-state index in [2.05, 4.69) is 43.7 Å². The lowest BCUT2D eigenvalue weighted by atomic mass is 10.1. The molecule has 28 heavy (non-hydrogen) atoms. The van der Waals surface area contributed by atoms with Gasteiger partial charge in [-0.25, -0.2) is 9.07 Å². The number of aryl methyl sites for hydroxylation is 2. The second kappa shape index (κ2) is 7.78.